The molecule has 0 bridgehead atoms. The number of methoxy groups -OCH3 is 1. The number of amides is 1. The molecule has 6 nitrogen and oxygen atoms in total. The molecule has 0 saturated heterocycles. The number of halogens is 1. The molecule has 1 amide bonds. The minimum atomic E-state index is -3.79. The Bertz CT molecular complexity index is 823. The van der Waals surface area contributed by atoms with Gasteiger partial charge in [-0.3, -0.25) is 4.79 Å². The van der Waals surface area contributed by atoms with Gasteiger partial charge in [-0.15, -0.1) is 0 Å². The first-order valence-corrected chi connectivity index (χ1v) is 9.04. The van der Waals surface area contributed by atoms with Gasteiger partial charge >= 0.3 is 0 Å². The maximum atomic E-state index is 13.4. The van der Waals surface area contributed by atoms with E-state index >= 15 is 0 Å². The highest BCUT2D eigenvalue weighted by Crippen LogP contribution is 2.15. The third-order valence-corrected chi connectivity index (χ3v) is 4.88. The van der Waals surface area contributed by atoms with E-state index in [9.17, 15) is 17.6 Å². The summed E-state index contributed by atoms with van der Waals surface area (Å²) in [4.78, 5) is 11.8. The molecule has 2 rings (SSSR count). The fourth-order valence-corrected chi connectivity index (χ4v) is 3.08. The van der Waals surface area contributed by atoms with Crippen molar-refractivity contribution in [2.24, 2.45) is 0 Å². The number of sulfonamides is 1. The van der Waals surface area contributed by atoms with E-state index in [4.69, 9.17) is 4.74 Å². The van der Waals surface area contributed by atoms with Gasteiger partial charge in [-0.1, -0.05) is 18.2 Å². The molecule has 0 aliphatic carbocycles. The Balaban J connectivity index is 1.81. The first kappa shape index (κ1) is 18.9. The maximum Gasteiger partial charge on any atom is 0.241 e. The Kier molecular flexibility index (Phi) is 6.49. The number of hydrogen-bond acceptors (Lipinski definition) is 4. The van der Waals surface area contributed by atoms with E-state index in [0.29, 0.717) is 17.7 Å². The minimum Gasteiger partial charge on any atom is -0.497 e. The van der Waals surface area contributed by atoms with E-state index < -0.39 is 22.5 Å². The largest absolute Gasteiger partial charge is 0.497 e. The van der Waals surface area contributed by atoms with Crippen molar-refractivity contribution in [2.45, 2.75) is 11.3 Å². The SMILES string of the molecule is COc1ccc(S(=O)(=O)NCC(=O)NCCc2ccccc2F)cc1. The van der Waals surface area contributed by atoms with Gasteiger partial charge in [0.15, 0.2) is 0 Å². The second kappa shape index (κ2) is 8.59. The average Bonchev–Trinajstić information content (AvgIpc) is 2.62. The number of nitrogens with one attached hydrogen (secondary N) is 2. The fourth-order valence-electron chi connectivity index (χ4n) is 2.10. The van der Waals surface area contributed by atoms with Crippen molar-refractivity contribution in [1.29, 1.82) is 0 Å². The molecule has 25 heavy (non-hydrogen) atoms. The van der Waals surface area contributed by atoms with Crippen LogP contribution in [-0.2, 0) is 21.2 Å². The smallest absolute Gasteiger partial charge is 0.241 e. The molecular weight excluding hydrogens is 347 g/mol. The molecule has 0 fully saturated rings. The lowest BCUT2D eigenvalue weighted by Crippen LogP contribution is -2.37. The molecule has 0 heterocycles. The second-order valence-electron chi connectivity index (χ2n) is 5.19. The van der Waals surface area contributed by atoms with Gasteiger partial charge in [0.05, 0.1) is 18.6 Å². The molecule has 0 saturated carbocycles. The Morgan fingerprint density at radius 3 is 2.44 bits per heavy atom. The lowest BCUT2D eigenvalue weighted by Gasteiger charge is -2.09. The molecular formula is C17H19FN2O4S. The van der Waals surface area contributed by atoms with Crippen molar-refractivity contribution in [3.8, 4) is 5.75 Å². The summed E-state index contributed by atoms with van der Waals surface area (Å²) in [5.74, 6) is -0.296. The number of carbonyl (C=O) groups excluding carboxylic acids is 1. The lowest BCUT2D eigenvalue weighted by molar-refractivity contribution is -0.119. The number of ether oxygens (including phenoxy) is 1. The fraction of sp³-hybridized carbons (Fsp3) is 0.235. The quantitative estimate of drug-likeness (QED) is 0.741. The molecule has 134 valence electrons. The third kappa shape index (κ3) is 5.54. The van der Waals surface area contributed by atoms with E-state index in [1.165, 1.54) is 37.4 Å². The zero-order valence-corrected chi connectivity index (χ0v) is 14.5. The molecule has 2 N–H and O–H groups in total. The third-order valence-electron chi connectivity index (χ3n) is 3.47. The van der Waals surface area contributed by atoms with Gasteiger partial charge in [0.2, 0.25) is 15.9 Å². The Hall–Kier alpha value is -2.45. The Labute approximate surface area is 146 Å². The highest BCUT2D eigenvalue weighted by molar-refractivity contribution is 7.89. The van der Waals surface area contributed by atoms with Crippen LogP contribution in [-0.4, -0.2) is 34.5 Å². The number of rotatable bonds is 8. The van der Waals surface area contributed by atoms with Crippen LogP contribution < -0.4 is 14.8 Å². The van der Waals surface area contributed by atoms with Crippen LogP contribution in [0.1, 0.15) is 5.56 Å². The summed E-state index contributed by atoms with van der Waals surface area (Å²) in [6.45, 7) is -0.185. The number of benzene rings is 2. The van der Waals surface area contributed by atoms with Crippen LogP contribution in [0.3, 0.4) is 0 Å². The Morgan fingerprint density at radius 2 is 1.80 bits per heavy atom. The van der Waals surface area contributed by atoms with Crippen LogP contribution in [0.15, 0.2) is 53.4 Å². The van der Waals surface area contributed by atoms with Gasteiger partial charge < -0.3 is 10.1 Å². The van der Waals surface area contributed by atoms with Gasteiger partial charge in [0.1, 0.15) is 11.6 Å². The summed E-state index contributed by atoms with van der Waals surface area (Å²) in [6, 6.07) is 12.1. The topological polar surface area (TPSA) is 84.5 Å². The molecule has 0 unspecified atom stereocenters. The standard InChI is InChI=1S/C17H19FN2O4S/c1-24-14-6-8-15(9-7-14)25(22,23)20-12-17(21)19-11-10-13-4-2-3-5-16(13)18/h2-9,20H,10-12H2,1H3,(H,19,21). The molecule has 0 radical (unpaired) electrons. The lowest BCUT2D eigenvalue weighted by atomic mass is 10.1. The summed E-state index contributed by atoms with van der Waals surface area (Å²) < 4.78 is 44.8. The second-order valence-corrected chi connectivity index (χ2v) is 6.96. The maximum absolute atomic E-state index is 13.4. The van der Waals surface area contributed by atoms with Crippen LogP contribution in [0.2, 0.25) is 0 Å². The molecule has 2 aromatic carbocycles. The predicted octanol–water partition coefficient (Wildman–Crippen LogP) is 1.47. The Morgan fingerprint density at radius 1 is 1.12 bits per heavy atom. The molecule has 0 aliphatic heterocycles. The number of carbonyl (C=O) groups is 1. The normalized spacial score (nSPS) is 11.1. The van der Waals surface area contributed by atoms with Crippen LogP contribution >= 0.6 is 0 Å². The average molecular weight is 366 g/mol. The van der Waals surface area contributed by atoms with E-state index in [0.717, 1.165) is 0 Å². The van der Waals surface area contributed by atoms with Crippen molar-refractivity contribution in [3.63, 3.8) is 0 Å². The van der Waals surface area contributed by atoms with Crippen molar-refractivity contribution in [3.05, 3.63) is 59.9 Å². The van der Waals surface area contributed by atoms with E-state index in [1.807, 2.05) is 0 Å². The van der Waals surface area contributed by atoms with Gasteiger partial charge in [-0.25, -0.2) is 17.5 Å². The first-order valence-electron chi connectivity index (χ1n) is 7.56. The van der Waals surface area contributed by atoms with Crippen molar-refractivity contribution in [2.75, 3.05) is 20.2 Å². The molecule has 8 heteroatoms. The van der Waals surface area contributed by atoms with Gasteiger partial charge in [0, 0.05) is 6.54 Å². The van der Waals surface area contributed by atoms with E-state index in [-0.39, 0.29) is 17.3 Å². The van der Waals surface area contributed by atoms with Gasteiger partial charge in [-0.05, 0) is 42.3 Å². The van der Waals surface area contributed by atoms with E-state index in [2.05, 4.69) is 10.0 Å². The van der Waals surface area contributed by atoms with Crippen LogP contribution in [0, 0.1) is 5.82 Å². The summed E-state index contributed by atoms with van der Waals surface area (Å²) in [6.07, 6.45) is 0.323. The highest BCUT2D eigenvalue weighted by atomic mass is 32.2. The minimum absolute atomic E-state index is 0.0347. The summed E-state index contributed by atoms with van der Waals surface area (Å²) in [5.41, 5.74) is 0.488. The molecule has 0 atom stereocenters. The van der Waals surface area contributed by atoms with Crippen molar-refractivity contribution >= 4 is 15.9 Å². The van der Waals surface area contributed by atoms with Gasteiger partial charge in [-0.2, -0.15) is 0 Å². The zero-order chi connectivity index (χ0) is 18.3. The van der Waals surface area contributed by atoms with Gasteiger partial charge in [0.25, 0.3) is 0 Å². The first-order chi connectivity index (χ1) is 11.9. The molecule has 0 aliphatic rings. The van der Waals surface area contributed by atoms with E-state index in [1.54, 1.807) is 18.2 Å². The molecule has 0 spiro atoms. The van der Waals surface area contributed by atoms with Crippen molar-refractivity contribution < 1.29 is 22.3 Å². The summed E-state index contributed by atoms with van der Waals surface area (Å²) in [7, 11) is -2.31. The number of hydrogen-bond donors (Lipinski definition) is 2. The highest BCUT2D eigenvalue weighted by Gasteiger charge is 2.15. The summed E-state index contributed by atoms with van der Waals surface area (Å²) >= 11 is 0. The predicted molar refractivity (Wildman–Crippen MR) is 91.3 cm³/mol. The van der Waals surface area contributed by atoms with Crippen LogP contribution in [0.25, 0.3) is 0 Å². The van der Waals surface area contributed by atoms with Crippen molar-refractivity contribution in [1.82, 2.24) is 10.0 Å². The summed E-state index contributed by atoms with van der Waals surface area (Å²) in [5, 5.41) is 2.55. The molecule has 2 aromatic rings. The molecule has 0 aromatic heterocycles. The van der Waals surface area contributed by atoms with Crippen LogP contribution in [0.4, 0.5) is 4.39 Å². The van der Waals surface area contributed by atoms with Crippen LogP contribution in [0.5, 0.6) is 5.75 Å². The monoisotopic (exact) mass is 366 g/mol. The zero-order valence-electron chi connectivity index (χ0n) is 13.7.